The highest BCUT2D eigenvalue weighted by Gasteiger charge is 2.01. The van der Waals surface area contributed by atoms with Crippen LogP contribution >= 0.6 is 11.8 Å². The highest BCUT2D eigenvalue weighted by molar-refractivity contribution is 7.98. The fourth-order valence-corrected chi connectivity index (χ4v) is 2.09. The predicted molar refractivity (Wildman–Crippen MR) is 67.1 cm³/mol. The van der Waals surface area contributed by atoms with Crippen LogP contribution in [-0.4, -0.2) is 21.0 Å². The summed E-state index contributed by atoms with van der Waals surface area (Å²) in [6.07, 6.45) is 3.52. The number of benzene rings is 1. The molecule has 17 heavy (non-hydrogen) atoms. The third-order valence-electron chi connectivity index (χ3n) is 2.21. The molecule has 1 heterocycles. The van der Waals surface area contributed by atoms with Crippen molar-refractivity contribution in [3.8, 4) is 0 Å². The van der Waals surface area contributed by atoms with E-state index in [2.05, 4.69) is 15.1 Å². The molecular formula is C11H12N4OS. The molecule has 5 nitrogen and oxygen atoms in total. The van der Waals surface area contributed by atoms with E-state index in [4.69, 9.17) is 10.9 Å². The molecule has 0 aliphatic rings. The Morgan fingerprint density at radius 1 is 1.41 bits per heavy atom. The van der Waals surface area contributed by atoms with Crippen LogP contribution in [0.15, 0.2) is 47.0 Å². The van der Waals surface area contributed by atoms with Crippen molar-refractivity contribution in [1.82, 2.24) is 9.97 Å². The van der Waals surface area contributed by atoms with Crippen LogP contribution in [0.3, 0.4) is 0 Å². The van der Waals surface area contributed by atoms with Gasteiger partial charge in [-0.15, -0.1) is 0 Å². The van der Waals surface area contributed by atoms with Crippen LogP contribution in [0.5, 0.6) is 0 Å². The molecule has 2 rings (SSSR count). The molecule has 1 aromatic carbocycles. The normalized spacial score (nSPS) is 11.6. The van der Waals surface area contributed by atoms with E-state index in [0.717, 1.165) is 16.5 Å². The molecule has 0 radical (unpaired) electrons. The topological polar surface area (TPSA) is 87.3 Å². The molecule has 2 aromatic rings. The van der Waals surface area contributed by atoms with Crippen molar-refractivity contribution in [2.75, 3.05) is 0 Å². The molecule has 0 fully saturated rings. The molecule has 0 saturated carbocycles. The van der Waals surface area contributed by atoms with Gasteiger partial charge in [-0.1, -0.05) is 41.2 Å². The Kier molecular flexibility index (Phi) is 3.66. The number of nitrogens with one attached hydrogen (secondary N) is 1. The van der Waals surface area contributed by atoms with E-state index in [1.165, 1.54) is 0 Å². The number of hydrogen-bond acceptors (Lipinski definition) is 4. The fourth-order valence-electron chi connectivity index (χ4n) is 1.31. The maximum absolute atomic E-state index is 8.53. The number of aromatic nitrogens is 2. The molecule has 0 atom stereocenters. The zero-order valence-corrected chi connectivity index (χ0v) is 9.81. The van der Waals surface area contributed by atoms with Crippen LogP contribution in [0, 0.1) is 0 Å². The zero-order valence-electron chi connectivity index (χ0n) is 9.00. The average Bonchev–Trinajstić information content (AvgIpc) is 2.89. The number of nitrogens with two attached hydrogens (primary N) is 1. The number of amidine groups is 1. The summed E-state index contributed by atoms with van der Waals surface area (Å²) in [6, 6.07) is 7.55. The molecule has 0 aliphatic carbocycles. The van der Waals surface area contributed by atoms with E-state index in [9.17, 15) is 0 Å². The molecule has 88 valence electrons. The van der Waals surface area contributed by atoms with Gasteiger partial charge in [-0.3, -0.25) is 0 Å². The van der Waals surface area contributed by atoms with Crippen LogP contribution in [0.1, 0.15) is 11.1 Å². The number of nitrogens with zero attached hydrogens (tertiary/aromatic N) is 2. The predicted octanol–water partition coefficient (Wildman–Crippen LogP) is 1.80. The van der Waals surface area contributed by atoms with Gasteiger partial charge in [-0.25, -0.2) is 4.98 Å². The number of rotatable bonds is 4. The summed E-state index contributed by atoms with van der Waals surface area (Å²) >= 11 is 1.62. The summed E-state index contributed by atoms with van der Waals surface area (Å²) < 4.78 is 0. The van der Waals surface area contributed by atoms with Crippen LogP contribution < -0.4 is 5.73 Å². The molecule has 0 bridgehead atoms. The standard InChI is InChI=1S/C11H12N4OS/c12-10(15-16)9-3-1-8(2-4-9)7-17-11-13-5-6-14-11/h1-6,16H,7H2,(H2,12,15)(H,13,14). The summed E-state index contributed by atoms with van der Waals surface area (Å²) in [5.74, 6) is 0.944. The van der Waals surface area contributed by atoms with Crippen molar-refractivity contribution in [1.29, 1.82) is 0 Å². The number of H-pyrrole nitrogens is 1. The second kappa shape index (κ2) is 5.40. The first-order valence-electron chi connectivity index (χ1n) is 4.98. The molecule has 0 unspecified atom stereocenters. The lowest BCUT2D eigenvalue weighted by Crippen LogP contribution is -2.12. The molecule has 6 heteroatoms. The van der Waals surface area contributed by atoms with Crippen molar-refractivity contribution < 1.29 is 5.21 Å². The smallest absolute Gasteiger partial charge is 0.170 e. The van der Waals surface area contributed by atoms with Gasteiger partial charge in [0, 0.05) is 23.7 Å². The summed E-state index contributed by atoms with van der Waals surface area (Å²) in [7, 11) is 0. The summed E-state index contributed by atoms with van der Waals surface area (Å²) in [4.78, 5) is 7.15. The minimum Gasteiger partial charge on any atom is -0.409 e. The van der Waals surface area contributed by atoms with E-state index in [1.54, 1.807) is 24.2 Å². The lowest BCUT2D eigenvalue weighted by atomic mass is 10.1. The molecule has 0 spiro atoms. The van der Waals surface area contributed by atoms with Crippen molar-refractivity contribution in [2.24, 2.45) is 10.9 Å². The van der Waals surface area contributed by atoms with Gasteiger partial charge < -0.3 is 15.9 Å². The van der Waals surface area contributed by atoms with Gasteiger partial charge in [0.1, 0.15) is 0 Å². The fraction of sp³-hybridized carbons (Fsp3) is 0.0909. The monoisotopic (exact) mass is 248 g/mol. The van der Waals surface area contributed by atoms with E-state index in [-0.39, 0.29) is 5.84 Å². The third-order valence-corrected chi connectivity index (χ3v) is 3.18. The van der Waals surface area contributed by atoms with E-state index in [1.807, 2.05) is 24.3 Å². The third kappa shape index (κ3) is 3.01. The van der Waals surface area contributed by atoms with Gasteiger partial charge >= 0.3 is 0 Å². The van der Waals surface area contributed by atoms with E-state index < -0.39 is 0 Å². The van der Waals surface area contributed by atoms with Gasteiger partial charge in [0.2, 0.25) is 0 Å². The Morgan fingerprint density at radius 3 is 2.76 bits per heavy atom. The van der Waals surface area contributed by atoms with Crippen LogP contribution in [0.4, 0.5) is 0 Å². The minimum atomic E-state index is 0.121. The highest BCUT2D eigenvalue weighted by atomic mass is 32.2. The molecule has 0 amide bonds. The summed E-state index contributed by atoms with van der Waals surface area (Å²) in [5, 5.41) is 12.4. The molecule has 1 aromatic heterocycles. The van der Waals surface area contributed by atoms with Gasteiger partial charge in [-0.2, -0.15) is 0 Å². The average molecular weight is 248 g/mol. The first-order chi connectivity index (χ1) is 8.29. The Labute approximate surface area is 103 Å². The van der Waals surface area contributed by atoms with E-state index >= 15 is 0 Å². The Hall–Kier alpha value is -1.95. The molecular weight excluding hydrogens is 236 g/mol. The summed E-state index contributed by atoms with van der Waals surface area (Å²) in [5.41, 5.74) is 7.34. The summed E-state index contributed by atoms with van der Waals surface area (Å²) in [6.45, 7) is 0. The van der Waals surface area contributed by atoms with E-state index in [0.29, 0.717) is 5.56 Å². The van der Waals surface area contributed by atoms with Gasteiger partial charge in [0.15, 0.2) is 11.0 Å². The van der Waals surface area contributed by atoms with Gasteiger partial charge in [0.05, 0.1) is 0 Å². The Balaban J connectivity index is 1.99. The second-order valence-electron chi connectivity index (χ2n) is 3.37. The highest BCUT2D eigenvalue weighted by Crippen LogP contribution is 2.18. The number of oxime groups is 1. The lowest BCUT2D eigenvalue weighted by molar-refractivity contribution is 0.318. The Bertz CT molecular complexity index is 493. The first kappa shape index (κ1) is 11.5. The maximum Gasteiger partial charge on any atom is 0.170 e. The maximum atomic E-state index is 8.53. The van der Waals surface area contributed by atoms with Crippen molar-refractivity contribution in [2.45, 2.75) is 10.9 Å². The van der Waals surface area contributed by atoms with Gasteiger partial charge in [0.25, 0.3) is 0 Å². The number of aromatic amines is 1. The zero-order chi connectivity index (χ0) is 12.1. The van der Waals surface area contributed by atoms with Crippen LogP contribution in [0.2, 0.25) is 0 Å². The molecule has 0 saturated heterocycles. The van der Waals surface area contributed by atoms with Crippen molar-refractivity contribution >= 4 is 17.6 Å². The van der Waals surface area contributed by atoms with Crippen LogP contribution in [-0.2, 0) is 5.75 Å². The number of hydrogen-bond donors (Lipinski definition) is 3. The van der Waals surface area contributed by atoms with Crippen LogP contribution in [0.25, 0.3) is 0 Å². The second-order valence-corrected chi connectivity index (χ2v) is 4.33. The van der Waals surface area contributed by atoms with Crippen molar-refractivity contribution in [3.05, 3.63) is 47.8 Å². The minimum absolute atomic E-state index is 0.121. The first-order valence-corrected chi connectivity index (χ1v) is 5.97. The van der Waals surface area contributed by atoms with Crippen molar-refractivity contribution in [3.63, 3.8) is 0 Å². The SMILES string of the molecule is N/C(=N/O)c1ccc(CSc2ncc[nH]2)cc1. The lowest BCUT2D eigenvalue weighted by Gasteiger charge is -2.02. The number of thioether (sulfide) groups is 1. The number of imidazole rings is 1. The molecule has 4 N–H and O–H groups in total. The largest absolute Gasteiger partial charge is 0.409 e. The molecule has 0 aliphatic heterocycles. The Morgan fingerprint density at radius 2 is 2.18 bits per heavy atom. The van der Waals surface area contributed by atoms with Gasteiger partial charge in [-0.05, 0) is 5.56 Å². The quantitative estimate of drug-likeness (QED) is 0.253.